The predicted molar refractivity (Wildman–Crippen MR) is 76.3 cm³/mol. The third-order valence-electron chi connectivity index (χ3n) is 3.81. The molecule has 1 aromatic carbocycles. The lowest BCUT2D eigenvalue weighted by Gasteiger charge is -2.31. The minimum absolute atomic E-state index is 0.0982. The molecule has 2 rings (SSSR count). The average molecular weight is 302 g/mol. The predicted octanol–water partition coefficient (Wildman–Crippen LogP) is 2.73. The Bertz CT molecular complexity index is 488. The third-order valence-corrected chi connectivity index (χ3v) is 3.81. The second kappa shape index (κ2) is 6.23. The second-order valence-corrected chi connectivity index (χ2v) is 5.76. The number of aliphatic hydroxyl groups is 1. The van der Waals surface area contributed by atoms with Crippen LogP contribution >= 0.6 is 0 Å². The summed E-state index contributed by atoms with van der Waals surface area (Å²) in [6, 6.07) is 4.21. The first-order valence-corrected chi connectivity index (χ1v) is 7.05. The molecule has 0 spiro atoms. The van der Waals surface area contributed by atoms with Crippen molar-refractivity contribution in [3.05, 3.63) is 29.3 Å². The van der Waals surface area contributed by atoms with Crippen LogP contribution in [0.3, 0.4) is 0 Å². The number of anilines is 1. The first-order chi connectivity index (χ1) is 9.82. The summed E-state index contributed by atoms with van der Waals surface area (Å²) in [7, 11) is 3.85. The summed E-state index contributed by atoms with van der Waals surface area (Å²) >= 11 is 0. The molecule has 0 saturated carbocycles. The van der Waals surface area contributed by atoms with Crippen LogP contribution in [-0.4, -0.2) is 43.2 Å². The number of aliphatic hydroxyl groups excluding tert-OH is 1. The Morgan fingerprint density at radius 3 is 2.62 bits per heavy atom. The summed E-state index contributed by atoms with van der Waals surface area (Å²) in [5, 5.41) is 9.07. The van der Waals surface area contributed by atoms with Gasteiger partial charge in [0.25, 0.3) is 0 Å². The number of rotatable bonds is 4. The van der Waals surface area contributed by atoms with Crippen LogP contribution in [0.15, 0.2) is 18.2 Å². The fourth-order valence-corrected chi connectivity index (χ4v) is 2.92. The molecule has 1 heterocycles. The number of likely N-dealkylation sites (N-methyl/N-ethyl adjacent to an activating group) is 1. The van der Waals surface area contributed by atoms with Crippen LogP contribution in [0.25, 0.3) is 0 Å². The van der Waals surface area contributed by atoms with E-state index in [2.05, 4.69) is 0 Å². The van der Waals surface area contributed by atoms with Crippen molar-refractivity contribution in [2.75, 3.05) is 32.1 Å². The Morgan fingerprint density at radius 2 is 2.05 bits per heavy atom. The summed E-state index contributed by atoms with van der Waals surface area (Å²) in [5.74, 6) is 0. The molecule has 1 aliphatic rings. The van der Waals surface area contributed by atoms with Crippen LogP contribution in [0.2, 0.25) is 0 Å². The summed E-state index contributed by atoms with van der Waals surface area (Å²) < 4.78 is 39.9. The van der Waals surface area contributed by atoms with E-state index in [1.54, 1.807) is 6.07 Å². The Hall–Kier alpha value is -1.27. The van der Waals surface area contributed by atoms with Gasteiger partial charge in [-0.3, -0.25) is 0 Å². The molecule has 21 heavy (non-hydrogen) atoms. The van der Waals surface area contributed by atoms with Crippen LogP contribution < -0.4 is 4.90 Å². The van der Waals surface area contributed by atoms with Gasteiger partial charge in [0.05, 0.1) is 12.2 Å². The molecule has 0 bridgehead atoms. The zero-order valence-electron chi connectivity index (χ0n) is 12.3. The Morgan fingerprint density at radius 1 is 1.33 bits per heavy atom. The average Bonchev–Trinajstić information content (AvgIpc) is 2.84. The molecule has 1 fully saturated rings. The van der Waals surface area contributed by atoms with Crippen LogP contribution in [0, 0.1) is 0 Å². The first-order valence-electron chi connectivity index (χ1n) is 7.05. The van der Waals surface area contributed by atoms with Crippen molar-refractivity contribution in [2.45, 2.75) is 31.7 Å². The van der Waals surface area contributed by atoms with Crippen LogP contribution in [0.5, 0.6) is 0 Å². The summed E-state index contributed by atoms with van der Waals surface area (Å²) in [4.78, 5) is 3.85. The molecule has 0 radical (unpaired) electrons. The van der Waals surface area contributed by atoms with Crippen molar-refractivity contribution < 1.29 is 18.3 Å². The standard InChI is InChI=1S/C15H21F3N2O/c1-19(2)9-12-4-3-7-20(12)14-6-5-11(10-21)8-13(14)15(16,17)18/h5-6,8,12,21H,3-4,7,9-10H2,1-2H3. The lowest BCUT2D eigenvalue weighted by Crippen LogP contribution is -2.38. The van der Waals surface area contributed by atoms with Gasteiger partial charge in [-0.2, -0.15) is 13.2 Å². The van der Waals surface area contributed by atoms with Crippen molar-refractivity contribution >= 4 is 5.69 Å². The van der Waals surface area contributed by atoms with Gasteiger partial charge in [-0.25, -0.2) is 0 Å². The van der Waals surface area contributed by atoms with E-state index in [4.69, 9.17) is 5.11 Å². The first kappa shape index (κ1) is 16.1. The third kappa shape index (κ3) is 3.68. The SMILES string of the molecule is CN(C)CC1CCCN1c1ccc(CO)cc1C(F)(F)F. The monoisotopic (exact) mass is 302 g/mol. The smallest absolute Gasteiger partial charge is 0.392 e. The highest BCUT2D eigenvalue weighted by atomic mass is 19.4. The van der Waals surface area contributed by atoms with Gasteiger partial charge < -0.3 is 14.9 Å². The normalized spacial score (nSPS) is 19.6. The topological polar surface area (TPSA) is 26.7 Å². The highest BCUT2D eigenvalue weighted by Crippen LogP contribution is 2.39. The Balaban J connectivity index is 2.38. The fourth-order valence-electron chi connectivity index (χ4n) is 2.92. The maximum Gasteiger partial charge on any atom is 0.418 e. The largest absolute Gasteiger partial charge is 0.418 e. The Kier molecular flexibility index (Phi) is 4.78. The number of halogens is 3. The minimum Gasteiger partial charge on any atom is -0.392 e. The number of hydrogen-bond donors (Lipinski definition) is 1. The molecule has 0 amide bonds. The number of alkyl halides is 3. The van der Waals surface area contributed by atoms with Gasteiger partial charge in [-0.1, -0.05) is 6.07 Å². The van der Waals surface area contributed by atoms with Crippen molar-refractivity contribution in [2.24, 2.45) is 0 Å². The van der Waals surface area contributed by atoms with Crippen LogP contribution in [-0.2, 0) is 12.8 Å². The maximum absolute atomic E-state index is 13.3. The molecule has 1 saturated heterocycles. The van der Waals surface area contributed by atoms with E-state index in [0.29, 0.717) is 6.54 Å². The molecule has 1 unspecified atom stereocenters. The minimum atomic E-state index is -4.41. The highest BCUT2D eigenvalue weighted by molar-refractivity contribution is 5.58. The van der Waals surface area contributed by atoms with Crippen molar-refractivity contribution in [3.8, 4) is 0 Å². The molecular weight excluding hydrogens is 281 g/mol. The molecular formula is C15H21F3N2O. The summed E-state index contributed by atoms with van der Waals surface area (Å²) in [6.45, 7) is 0.990. The molecule has 6 heteroatoms. The molecule has 1 N–H and O–H groups in total. The van der Waals surface area contributed by atoms with Gasteiger partial charge in [0, 0.05) is 24.8 Å². The molecule has 1 aromatic rings. The lowest BCUT2D eigenvalue weighted by atomic mass is 10.1. The molecule has 0 aliphatic carbocycles. The van der Waals surface area contributed by atoms with Crippen molar-refractivity contribution in [3.63, 3.8) is 0 Å². The molecule has 1 aliphatic heterocycles. The number of nitrogens with zero attached hydrogens (tertiary/aromatic N) is 2. The quantitative estimate of drug-likeness (QED) is 0.926. The van der Waals surface area contributed by atoms with E-state index in [0.717, 1.165) is 25.5 Å². The van der Waals surface area contributed by atoms with Crippen molar-refractivity contribution in [1.29, 1.82) is 0 Å². The van der Waals surface area contributed by atoms with Gasteiger partial charge in [-0.05, 0) is 44.6 Å². The van der Waals surface area contributed by atoms with Gasteiger partial charge in [0.15, 0.2) is 0 Å². The maximum atomic E-state index is 13.3. The molecule has 118 valence electrons. The van der Waals surface area contributed by atoms with Gasteiger partial charge >= 0.3 is 6.18 Å². The van der Waals surface area contributed by atoms with Crippen molar-refractivity contribution in [1.82, 2.24) is 4.90 Å². The summed E-state index contributed by atoms with van der Waals surface area (Å²) in [6.07, 6.45) is -2.61. The Labute approximate surface area is 123 Å². The van der Waals surface area contributed by atoms with E-state index in [9.17, 15) is 13.2 Å². The zero-order chi connectivity index (χ0) is 15.6. The van der Waals surface area contributed by atoms with E-state index < -0.39 is 11.7 Å². The lowest BCUT2D eigenvalue weighted by molar-refractivity contribution is -0.137. The number of benzene rings is 1. The molecule has 1 atom stereocenters. The van der Waals surface area contributed by atoms with E-state index in [1.165, 1.54) is 6.07 Å². The zero-order valence-corrected chi connectivity index (χ0v) is 12.3. The van der Waals surface area contributed by atoms with E-state index in [1.807, 2.05) is 23.9 Å². The van der Waals surface area contributed by atoms with Gasteiger partial charge in [-0.15, -0.1) is 0 Å². The van der Waals surface area contributed by atoms with E-state index in [-0.39, 0.29) is 23.9 Å². The molecule has 0 aromatic heterocycles. The molecule has 3 nitrogen and oxygen atoms in total. The fraction of sp³-hybridized carbons (Fsp3) is 0.600. The van der Waals surface area contributed by atoms with Gasteiger partial charge in [0.1, 0.15) is 0 Å². The van der Waals surface area contributed by atoms with E-state index >= 15 is 0 Å². The van der Waals surface area contributed by atoms with Crippen LogP contribution in [0.1, 0.15) is 24.0 Å². The summed E-state index contributed by atoms with van der Waals surface area (Å²) in [5.41, 5.74) is -0.141. The van der Waals surface area contributed by atoms with Gasteiger partial charge in [0.2, 0.25) is 0 Å². The number of hydrogen-bond acceptors (Lipinski definition) is 3. The van der Waals surface area contributed by atoms with Crippen LogP contribution in [0.4, 0.5) is 18.9 Å². The highest BCUT2D eigenvalue weighted by Gasteiger charge is 2.37. The second-order valence-electron chi connectivity index (χ2n) is 5.76.